The maximum absolute atomic E-state index is 12.0. The molecule has 1 saturated heterocycles. The van der Waals surface area contributed by atoms with E-state index in [4.69, 9.17) is 4.74 Å². The summed E-state index contributed by atoms with van der Waals surface area (Å²) in [5.74, 6) is -1.42. The van der Waals surface area contributed by atoms with Gasteiger partial charge in [0.2, 0.25) is 5.91 Å². The average molecular weight is 333 g/mol. The zero-order valence-corrected chi connectivity index (χ0v) is 13.7. The third kappa shape index (κ3) is 3.70. The summed E-state index contributed by atoms with van der Waals surface area (Å²) in [5, 5.41) is 5.07. The van der Waals surface area contributed by atoms with E-state index in [1.165, 1.54) is 12.1 Å². The van der Waals surface area contributed by atoms with Gasteiger partial charge in [0.05, 0.1) is 12.2 Å². The van der Waals surface area contributed by atoms with Crippen molar-refractivity contribution >= 4 is 29.5 Å². The van der Waals surface area contributed by atoms with Gasteiger partial charge in [-0.3, -0.25) is 14.5 Å². The van der Waals surface area contributed by atoms with E-state index in [2.05, 4.69) is 10.6 Å². The third-order valence-electron chi connectivity index (χ3n) is 3.43. The molecule has 1 aliphatic rings. The number of hydrogen-bond acceptors (Lipinski definition) is 5. The van der Waals surface area contributed by atoms with Crippen LogP contribution in [0.15, 0.2) is 24.3 Å². The number of urea groups is 1. The van der Waals surface area contributed by atoms with Crippen LogP contribution >= 0.6 is 0 Å². The van der Waals surface area contributed by atoms with Crippen molar-refractivity contribution in [2.45, 2.75) is 26.3 Å². The van der Waals surface area contributed by atoms with E-state index < -0.39 is 29.4 Å². The van der Waals surface area contributed by atoms with Crippen molar-refractivity contribution in [1.29, 1.82) is 0 Å². The minimum atomic E-state index is -1.02. The molecule has 2 rings (SSSR count). The predicted molar refractivity (Wildman–Crippen MR) is 85.4 cm³/mol. The number of nitrogens with zero attached hydrogens (tertiary/aromatic N) is 1. The van der Waals surface area contributed by atoms with E-state index in [1.54, 1.807) is 32.9 Å². The van der Waals surface area contributed by atoms with Gasteiger partial charge >= 0.3 is 12.0 Å². The molecule has 0 aliphatic carbocycles. The van der Waals surface area contributed by atoms with E-state index in [1.807, 2.05) is 0 Å². The van der Waals surface area contributed by atoms with E-state index in [-0.39, 0.29) is 13.2 Å². The molecule has 1 aromatic rings. The minimum Gasteiger partial charge on any atom is -0.462 e. The van der Waals surface area contributed by atoms with Crippen LogP contribution in [0.5, 0.6) is 0 Å². The highest BCUT2D eigenvalue weighted by atomic mass is 16.5. The van der Waals surface area contributed by atoms with Gasteiger partial charge in [0.15, 0.2) is 0 Å². The van der Waals surface area contributed by atoms with Crippen molar-refractivity contribution in [2.75, 3.05) is 18.5 Å². The maximum atomic E-state index is 12.0. The van der Waals surface area contributed by atoms with Crippen molar-refractivity contribution < 1.29 is 23.9 Å². The summed E-state index contributed by atoms with van der Waals surface area (Å²) in [6, 6.07) is 5.52. The molecule has 128 valence electrons. The molecule has 8 heteroatoms. The maximum Gasteiger partial charge on any atom is 0.338 e. The Morgan fingerprint density at radius 2 is 1.83 bits per heavy atom. The van der Waals surface area contributed by atoms with Gasteiger partial charge in [0.1, 0.15) is 12.1 Å². The van der Waals surface area contributed by atoms with Crippen LogP contribution in [0.25, 0.3) is 0 Å². The van der Waals surface area contributed by atoms with Crippen LogP contribution in [0.3, 0.4) is 0 Å². The van der Waals surface area contributed by atoms with Crippen molar-refractivity contribution in [3.05, 3.63) is 29.8 Å². The molecule has 0 spiro atoms. The normalized spacial score (nSPS) is 15.9. The average Bonchev–Trinajstić information content (AvgIpc) is 2.70. The van der Waals surface area contributed by atoms with Gasteiger partial charge in [-0.2, -0.15) is 0 Å². The summed E-state index contributed by atoms with van der Waals surface area (Å²) in [5.41, 5.74) is -0.205. The zero-order chi connectivity index (χ0) is 17.9. The standard InChI is InChI=1S/C16H19N3O5/c1-4-24-13(21)10-5-7-11(8-6-10)17-12(20)9-19-14(22)16(2,3)18-15(19)23/h5-8H,4,9H2,1-3H3,(H,17,20)(H,18,23). The first kappa shape index (κ1) is 17.5. The second kappa shape index (κ2) is 6.69. The lowest BCUT2D eigenvalue weighted by Gasteiger charge is -2.15. The first-order valence-electron chi connectivity index (χ1n) is 7.45. The first-order chi connectivity index (χ1) is 11.2. The van der Waals surface area contributed by atoms with E-state index in [0.717, 1.165) is 4.90 Å². The Bertz CT molecular complexity index is 681. The van der Waals surface area contributed by atoms with Gasteiger partial charge in [-0.05, 0) is 45.0 Å². The fraction of sp³-hybridized carbons (Fsp3) is 0.375. The second-order valence-corrected chi connectivity index (χ2v) is 5.79. The molecule has 2 N–H and O–H groups in total. The molecule has 0 radical (unpaired) electrons. The number of amides is 4. The fourth-order valence-corrected chi connectivity index (χ4v) is 2.21. The molecule has 0 aromatic heterocycles. The molecule has 0 atom stereocenters. The molecule has 1 fully saturated rings. The number of imide groups is 1. The number of rotatable bonds is 5. The SMILES string of the molecule is CCOC(=O)c1ccc(NC(=O)CN2C(=O)NC(C)(C)C2=O)cc1. The van der Waals surface area contributed by atoms with Gasteiger partial charge in [-0.1, -0.05) is 0 Å². The molecule has 0 bridgehead atoms. The number of esters is 1. The van der Waals surface area contributed by atoms with Crippen LogP contribution in [0.4, 0.5) is 10.5 Å². The van der Waals surface area contributed by atoms with Crippen LogP contribution in [-0.4, -0.2) is 47.4 Å². The highest BCUT2D eigenvalue weighted by molar-refractivity contribution is 6.09. The third-order valence-corrected chi connectivity index (χ3v) is 3.43. The summed E-state index contributed by atoms with van der Waals surface area (Å²) in [6.45, 7) is 4.75. The Balaban J connectivity index is 1.97. The first-order valence-corrected chi connectivity index (χ1v) is 7.45. The Morgan fingerprint density at radius 3 is 2.33 bits per heavy atom. The molecular formula is C16H19N3O5. The monoisotopic (exact) mass is 333 g/mol. The number of ether oxygens (including phenoxy) is 1. The fourth-order valence-electron chi connectivity index (χ4n) is 2.21. The quantitative estimate of drug-likeness (QED) is 0.621. The number of carbonyl (C=O) groups is 4. The lowest BCUT2D eigenvalue weighted by atomic mass is 10.1. The summed E-state index contributed by atoms with van der Waals surface area (Å²) < 4.78 is 4.87. The van der Waals surface area contributed by atoms with Crippen LogP contribution in [-0.2, 0) is 14.3 Å². The summed E-state index contributed by atoms with van der Waals surface area (Å²) in [4.78, 5) is 48.2. The van der Waals surface area contributed by atoms with E-state index in [9.17, 15) is 19.2 Å². The van der Waals surface area contributed by atoms with Crippen molar-refractivity contribution in [3.63, 3.8) is 0 Å². The lowest BCUT2D eigenvalue weighted by molar-refractivity contribution is -0.132. The van der Waals surface area contributed by atoms with Crippen LogP contribution in [0.2, 0.25) is 0 Å². The molecule has 1 aromatic carbocycles. The van der Waals surface area contributed by atoms with Gasteiger partial charge < -0.3 is 15.4 Å². The number of nitrogens with one attached hydrogen (secondary N) is 2. The molecular weight excluding hydrogens is 314 g/mol. The van der Waals surface area contributed by atoms with E-state index in [0.29, 0.717) is 11.3 Å². The highest BCUT2D eigenvalue weighted by Crippen LogP contribution is 2.17. The molecule has 4 amide bonds. The van der Waals surface area contributed by atoms with Gasteiger partial charge in [0, 0.05) is 5.69 Å². The van der Waals surface area contributed by atoms with Crippen LogP contribution in [0.1, 0.15) is 31.1 Å². The summed E-state index contributed by atoms with van der Waals surface area (Å²) in [6.07, 6.45) is 0. The molecule has 24 heavy (non-hydrogen) atoms. The molecule has 1 aliphatic heterocycles. The van der Waals surface area contributed by atoms with Gasteiger partial charge in [-0.25, -0.2) is 9.59 Å². The van der Waals surface area contributed by atoms with Gasteiger partial charge in [-0.15, -0.1) is 0 Å². The molecule has 0 saturated carbocycles. The topological polar surface area (TPSA) is 105 Å². The zero-order valence-electron chi connectivity index (χ0n) is 13.7. The van der Waals surface area contributed by atoms with E-state index >= 15 is 0 Å². The Labute approximate surface area is 139 Å². The van der Waals surface area contributed by atoms with Crippen LogP contribution in [0, 0.1) is 0 Å². The number of carbonyl (C=O) groups excluding carboxylic acids is 4. The van der Waals surface area contributed by atoms with Crippen molar-refractivity contribution in [3.8, 4) is 0 Å². The predicted octanol–water partition coefficient (Wildman–Crippen LogP) is 1.13. The number of benzene rings is 1. The van der Waals surface area contributed by atoms with Crippen molar-refractivity contribution in [1.82, 2.24) is 10.2 Å². The van der Waals surface area contributed by atoms with Crippen molar-refractivity contribution in [2.24, 2.45) is 0 Å². The summed E-state index contributed by atoms with van der Waals surface area (Å²) in [7, 11) is 0. The second-order valence-electron chi connectivity index (χ2n) is 5.79. The Kier molecular flexibility index (Phi) is 4.87. The molecule has 8 nitrogen and oxygen atoms in total. The van der Waals surface area contributed by atoms with Crippen LogP contribution < -0.4 is 10.6 Å². The summed E-state index contributed by atoms with van der Waals surface area (Å²) >= 11 is 0. The minimum absolute atomic E-state index is 0.277. The Hall–Kier alpha value is -2.90. The number of hydrogen-bond donors (Lipinski definition) is 2. The lowest BCUT2D eigenvalue weighted by Crippen LogP contribution is -2.41. The smallest absolute Gasteiger partial charge is 0.338 e. The largest absolute Gasteiger partial charge is 0.462 e. The highest BCUT2D eigenvalue weighted by Gasteiger charge is 2.44. The Morgan fingerprint density at radius 1 is 1.21 bits per heavy atom. The molecule has 0 unspecified atom stereocenters. The van der Waals surface area contributed by atoms with Gasteiger partial charge in [0.25, 0.3) is 5.91 Å². The molecule has 1 heterocycles. The number of anilines is 1.